The zero-order valence-electron chi connectivity index (χ0n) is 15.6. The van der Waals surface area contributed by atoms with Crippen molar-refractivity contribution in [1.82, 2.24) is 5.16 Å². The molecule has 1 amide bonds. The van der Waals surface area contributed by atoms with Crippen LogP contribution in [0.3, 0.4) is 0 Å². The summed E-state index contributed by atoms with van der Waals surface area (Å²) < 4.78 is 20.6. The molecule has 0 spiro atoms. The van der Waals surface area contributed by atoms with Crippen LogP contribution in [-0.4, -0.2) is 36.9 Å². The highest BCUT2D eigenvalue weighted by atomic mass is 16.6. The van der Waals surface area contributed by atoms with Gasteiger partial charge in [0, 0.05) is 6.07 Å². The predicted octanol–water partition coefficient (Wildman–Crippen LogP) is 2.97. The first-order valence-electron chi connectivity index (χ1n) is 8.30. The number of hydrogen-bond donors (Lipinski definition) is 1. The number of nitrogens with zero attached hydrogens (tertiary/aromatic N) is 1. The van der Waals surface area contributed by atoms with Crippen LogP contribution < -0.4 is 14.8 Å². The number of benzene rings is 1. The van der Waals surface area contributed by atoms with Crippen LogP contribution in [0.4, 0.5) is 5.82 Å². The molecule has 0 saturated heterocycles. The molecule has 2 rings (SSSR count). The van der Waals surface area contributed by atoms with Crippen LogP contribution >= 0.6 is 0 Å². The van der Waals surface area contributed by atoms with E-state index in [-0.39, 0.29) is 12.4 Å². The number of allylic oxidation sites excluding steroid dienone is 1. The van der Waals surface area contributed by atoms with Gasteiger partial charge in [-0.2, -0.15) is 0 Å². The lowest BCUT2D eigenvalue weighted by Gasteiger charge is -2.14. The summed E-state index contributed by atoms with van der Waals surface area (Å²) in [4.78, 5) is 23.9. The Balaban J connectivity index is 1.87. The minimum absolute atomic E-state index is 0.252. The van der Waals surface area contributed by atoms with Gasteiger partial charge in [-0.1, -0.05) is 23.4 Å². The van der Waals surface area contributed by atoms with E-state index in [4.69, 9.17) is 18.7 Å². The lowest BCUT2D eigenvalue weighted by molar-refractivity contribution is -0.155. The van der Waals surface area contributed by atoms with E-state index in [0.717, 1.165) is 5.56 Å². The number of nitrogens with one attached hydrogen (secondary N) is 1. The van der Waals surface area contributed by atoms with Crippen molar-refractivity contribution in [2.45, 2.75) is 26.9 Å². The predicted molar refractivity (Wildman–Crippen MR) is 98.6 cm³/mol. The second kappa shape index (κ2) is 9.42. The molecule has 0 unspecified atom stereocenters. The Morgan fingerprint density at radius 2 is 2.07 bits per heavy atom. The van der Waals surface area contributed by atoms with E-state index in [1.54, 1.807) is 25.1 Å². The van der Waals surface area contributed by atoms with Crippen molar-refractivity contribution in [3.8, 4) is 11.5 Å². The highest BCUT2D eigenvalue weighted by Crippen LogP contribution is 2.28. The molecule has 0 aliphatic carbocycles. The third-order valence-corrected chi connectivity index (χ3v) is 3.45. The third-order valence-electron chi connectivity index (χ3n) is 3.45. The van der Waals surface area contributed by atoms with Gasteiger partial charge < -0.3 is 24.1 Å². The van der Waals surface area contributed by atoms with Gasteiger partial charge in [-0.3, -0.25) is 4.79 Å². The van der Waals surface area contributed by atoms with Crippen molar-refractivity contribution >= 4 is 23.8 Å². The number of carbonyl (C=O) groups is 2. The summed E-state index contributed by atoms with van der Waals surface area (Å²) in [6.45, 7) is 4.70. The second-order valence-corrected chi connectivity index (χ2v) is 5.64. The fourth-order valence-electron chi connectivity index (χ4n) is 2.17. The number of rotatable bonds is 8. The monoisotopic (exact) mass is 374 g/mol. The largest absolute Gasteiger partial charge is 0.493 e. The third kappa shape index (κ3) is 5.88. The summed E-state index contributed by atoms with van der Waals surface area (Å²) in [5.41, 5.74) is 0.942. The first kappa shape index (κ1) is 20.0. The molecule has 1 N–H and O–H groups in total. The van der Waals surface area contributed by atoms with Gasteiger partial charge >= 0.3 is 5.97 Å². The molecular formula is C19H22N2O6. The van der Waals surface area contributed by atoms with Crippen molar-refractivity contribution in [1.29, 1.82) is 0 Å². The average molecular weight is 374 g/mol. The van der Waals surface area contributed by atoms with Crippen LogP contribution in [0.5, 0.6) is 11.5 Å². The van der Waals surface area contributed by atoms with E-state index >= 15 is 0 Å². The number of ether oxygens (including phenoxy) is 3. The smallest absolute Gasteiger partial charge is 0.344 e. The standard InChI is InChI=1S/C19H22N2O6/c1-5-6-14-7-8-15(16(10-14)24-4)25-11-18(22)26-13(3)19(23)20-17-9-12(2)27-21-17/h5-10,13H,11H2,1-4H3,(H,20,21,23)/b6-5+/t13-/m0/s1. The number of hydrogen-bond acceptors (Lipinski definition) is 7. The molecule has 1 aromatic carbocycles. The Kier molecular flexibility index (Phi) is 6.99. The summed E-state index contributed by atoms with van der Waals surface area (Å²) in [5.74, 6) is 0.488. The molecule has 144 valence electrons. The van der Waals surface area contributed by atoms with Crippen LogP contribution in [0.2, 0.25) is 0 Å². The molecule has 0 radical (unpaired) electrons. The molecule has 0 bridgehead atoms. The molecule has 2 aromatic rings. The van der Waals surface area contributed by atoms with Crippen LogP contribution in [0.15, 0.2) is 34.9 Å². The molecule has 0 saturated carbocycles. The summed E-state index contributed by atoms with van der Waals surface area (Å²) in [5, 5.41) is 6.13. The quantitative estimate of drug-likeness (QED) is 0.709. The van der Waals surface area contributed by atoms with Crippen LogP contribution in [-0.2, 0) is 14.3 Å². The van der Waals surface area contributed by atoms with E-state index in [9.17, 15) is 9.59 Å². The number of aromatic nitrogens is 1. The van der Waals surface area contributed by atoms with Crippen LogP contribution in [0.1, 0.15) is 25.2 Å². The SMILES string of the molecule is C/C=C/c1ccc(OCC(=O)O[C@@H](C)C(=O)Nc2cc(C)on2)c(OC)c1. The van der Waals surface area contributed by atoms with Gasteiger partial charge in [-0.25, -0.2) is 4.79 Å². The Labute approximate surface area is 157 Å². The minimum atomic E-state index is -1.02. The van der Waals surface area contributed by atoms with Gasteiger partial charge in [0.15, 0.2) is 30.0 Å². The van der Waals surface area contributed by atoms with Gasteiger partial charge in [0.1, 0.15) is 5.76 Å². The Morgan fingerprint density at radius 3 is 2.70 bits per heavy atom. The maximum atomic E-state index is 12.0. The van der Waals surface area contributed by atoms with Gasteiger partial charge in [-0.05, 0) is 38.5 Å². The van der Waals surface area contributed by atoms with Gasteiger partial charge in [0.2, 0.25) is 0 Å². The Bertz CT molecular complexity index is 827. The summed E-state index contributed by atoms with van der Waals surface area (Å²) in [6, 6.07) is 6.87. The van der Waals surface area contributed by atoms with Crippen molar-refractivity contribution in [2.24, 2.45) is 0 Å². The molecule has 0 aliphatic rings. The van der Waals surface area contributed by atoms with Crippen molar-refractivity contribution < 1.29 is 28.3 Å². The number of amides is 1. The molecule has 1 aromatic heterocycles. The maximum Gasteiger partial charge on any atom is 0.344 e. The van der Waals surface area contributed by atoms with Gasteiger partial charge in [-0.15, -0.1) is 0 Å². The van der Waals surface area contributed by atoms with E-state index in [0.29, 0.717) is 17.3 Å². The minimum Gasteiger partial charge on any atom is -0.493 e. The lowest BCUT2D eigenvalue weighted by Crippen LogP contribution is -2.31. The second-order valence-electron chi connectivity index (χ2n) is 5.64. The molecule has 0 fully saturated rings. The zero-order chi connectivity index (χ0) is 19.8. The number of aryl methyl sites for hydroxylation is 1. The number of methoxy groups -OCH3 is 1. The molecule has 1 heterocycles. The average Bonchev–Trinajstić information content (AvgIpc) is 3.05. The molecule has 0 aliphatic heterocycles. The normalized spacial score (nSPS) is 11.9. The van der Waals surface area contributed by atoms with Gasteiger partial charge in [0.05, 0.1) is 7.11 Å². The molecule has 8 nitrogen and oxygen atoms in total. The Hall–Kier alpha value is -3.29. The molecule has 8 heteroatoms. The van der Waals surface area contributed by atoms with E-state index in [1.807, 2.05) is 25.1 Å². The van der Waals surface area contributed by atoms with Crippen molar-refractivity contribution in [2.75, 3.05) is 19.0 Å². The van der Waals surface area contributed by atoms with Gasteiger partial charge in [0.25, 0.3) is 5.91 Å². The first-order chi connectivity index (χ1) is 12.9. The Morgan fingerprint density at radius 1 is 1.30 bits per heavy atom. The van der Waals surface area contributed by atoms with E-state index in [1.165, 1.54) is 14.0 Å². The molecule has 27 heavy (non-hydrogen) atoms. The van der Waals surface area contributed by atoms with Crippen LogP contribution in [0, 0.1) is 6.92 Å². The zero-order valence-corrected chi connectivity index (χ0v) is 15.6. The summed E-state index contributed by atoms with van der Waals surface area (Å²) in [6.07, 6.45) is 2.80. The molecule has 1 atom stereocenters. The summed E-state index contributed by atoms with van der Waals surface area (Å²) in [7, 11) is 1.51. The number of carbonyl (C=O) groups excluding carboxylic acids is 2. The van der Waals surface area contributed by atoms with Crippen molar-refractivity contribution in [3.63, 3.8) is 0 Å². The lowest BCUT2D eigenvalue weighted by atomic mass is 10.2. The number of esters is 1. The summed E-state index contributed by atoms with van der Waals surface area (Å²) >= 11 is 0. The fraction of sp³-hybridized carbons (Fsp3) is 0.316. The van der Waals surface area contributed by atoms with E-state index < -0.39 is 18.0 Å². The topological polar surface area (TPSA) is 99.9 Å². The number of anilines is 1. The fourth-order valence-corrected chi connectivity index (χ4v) is 2.17. The van der Waals surface area contributed by atoms with Crippen LogP contribution in [0.25, 0.3) is 6.08 Å². The first-order valence-corrected chi connectivity index (χ1v) is 8.30. The highest BCUT2D eigenvalue weighted by molar-refractivity contribution is 5.94. The van der Waals surface area contributed by atoms with E-state index in [2.05, 4.69) is 10.5 Å². The van der Waals surface area contributed by atoms with Crippen molar-refractivity contribution in [3.05, 3.63) is 41.7 Å². The highest BCUT2D eigenvalue weighted by Gasteiger charge is 2.20. The molecular weight excluding hydrogens is 352 g/mol. The maximum absolute atomic E-state index is 12.0.